The molecule has 2 heterocycles. The van der Waals surface area contributed by atoms with Crippen LogP contribution in [0, 0.1) is 11.3 Å². The Morgan fingerprint density at radius 1 is 0.846 bits per heavy atom. The third-order valence-electron chi connectivity index (χ3n) is 4.30. The van der Waals surface area contributed by atoms with E-state index in [4.69, 9.17) is 4.98 Å². The first kappa shape index (κ1) is 17.0. The second-order valence-electron chi connectivity index (χ2n) is 6.06. The molecule has 2 aromatic heterocycles. The van der Waals surface area contributed by atoms with Crippen LogP contribution in [0.25, 0.3) is 33.2 Å². The Morgan fingerprint density at radius 3 is 1.96 bits per heavy atom. The van der Waals surface area contributed by atoms with Crippen molar-refractivity contribution in [2.75, 3.05) is 0 Å². The van der Waals surface area contributed by atoms with Crippen molar-refractivity contribution in [2.45, 2.75) is 0 Å². The van der Waals surface area contributed by atoms with Crippen molar-refractivity contribution < 1.29 is 0 Å². The van der Waals surface area contributed by atoms with Crippen molar-refractivity contribution in [1.82, 2.24) is 9.55 Å². The fourth-order valence-electron chi connectivity index (χ4n) is 3.14. The van der Waals surface area contributed by atoms with Gasteiger partial charge in [-0.25, -0.2) is 4.98 Å². The summed E-state index contributed by atoms with van der Waals surface area (Å²) in [6.07, 6.45) is 4.11. The SMILES string of the molecule is Cn1cc2c(-c3ccc(Br)cc3)nc(C#N)c(-c3ccc(Br)cc3)c2c1. The van der Waals surface area contributed by atoms with Crippen molar-refractivity contribution in [3.8, 4) is 28.5 Å². The maximum Gasteiger partial charge on any atom is 0.149 e. The smallest absolute Gasteiger partial charge is 0.149 e. The first-order chi connectivity index (χ1) is 12.6. The Labute approximate surface area is 168 Å². The number of pyridine rings is 1. The fourth-order valence-corrected chi connectivity index (χ4v) is 3.67. The highest BCUT2D eigenvalue weighted by Crippen LogP contribution is 2.37. The van der Waals surface area contributed by atoms with Crippen LogP contribution >= 0.6 is 31.9 Å². The lowest BCUT2D eigenvalue weighted by molar-refractivity contribution is 0.933. The molecule has 0 atom stereocenters. The minimum Gasteiger partial charge on any atom is -0.356 e. The van der Waals surface area contributed by atoms with Crippen molar-refractivity contribution in [3.63, 3.8) is 0 Å². The van der Waals surface area contributed by atoms with Gasteiger partial charge in [-0.15, -0.1) is 0 Å². The van der Waals surface area contributed by atoms with E-state index in [9.17, 15) is 5.26 Å². The van der Waals surface area contributed by atoms with Crippen molar-refractivity contribution in [2.24, 2.45) is 7.05 Å². The van der Waals surface area contributed by atoms with Gasteiger partial charge >= 0.3 is 0 Å². The van der Waals surface area contributed by atoms with Crippen molar-refractivity contribution in [1.29, 1.82) is 5.26 Å². The number of nitriles is 1. The number of fused-ring (bicyclic) bond motifs is 1. The van der Waals surface area contributed by atoms with Gasteiger partial charge in [0.2, 0.25) is 0 Å². The molecule has 26 heavy (non-hydrogen) atoms. The average molecular weight is 467 g/mol. The van der Waals surface area contributed by atoms with Crippen LogP contribution in [-0.4, -0.2) is 9.55 Å². The molecule has 0 radical (unpaired) electrons. The van der Waals surface area contributed by atoms with Crippen LogP contribution in [0.15, 0.2) is 69.9 Å². The van der Waals surface area contributed by atoms with Gasteiger partial charge < -0.3 is 4.57 Å². The highest BCUT2D eigenvalue weighted by atomic mass is 79.9. The summed E-state index contributed by atoms with van der Waals surface area (Å²) in [6.45, 7) is 0. The van der Waals surface area contributed by atoms with Crippen molar-refractivity contribution in [3.05, 3.63) is 75.6 Å². The molecule has 4 rings (SSSR count). The van der Waals surface area contributed by atoms with Crippen LogP contribution in [0.3, 0.4) is 0 Å². The number of halogens is 2. The number of hydrogen-bond donors (Lipinski definition) is 0. The molecule has 2 aromatic carbocycles. The van der Waals surface area contributed by atoms with E-state index in [0.717, 1.165) is 42.1 Å². The first-order valence-electron chi connectivity index (χ1n) is 7.98. The van der Waals surface area contributed by atoms with Crippen LogP contribution in [0.2, 0.25) is 0 Å². The highest BCUT2D eigenvalue weighted by Gasteiger charge is 2.18. The largest absolute Gasteiger partial charge is 0.356 e. The first-order valence-corrected chi connectivity index (χ1v) is 9.57. The molecule has 0 aliphatic heterocycles. The lowest BCUT2D eigenvalue weighted by Crippen LogP contribution is -1.94. The Bertz CT molecular complexity index is 1150. The van der Waals surface area contributed by atoms with E-state index < -0.39 is 0 Å². The van der Waals surface area contributed by atoms with E-state index in [1.54, 1.807) is 0 Å². The van der Waals surface area contributed by atoms with E-state index in [2.05, 4.69) is 50.3 Å². The third kappa shape index (κ3) is 2.96. The lowest BCUT2D eigenvalue weighted by atomic mass is 9.97. The van der Waals surface area contributed by atoms with E-state index in [1.165, 1.54) is 0 Å². The summed E-state index contributed by atoms with van der Waals surface area (Å²) in [4.78, 5) is 4.73. The quantitative estimate of drug-likeness (QED) is 0.347. The predicted octanol–water partition coefficient (Wildman–Crippen LogP) is 6.30. The molecule has 0 saturated heterocycles. The molecular weight excluding hydrogens is 454 g/mol. The second-order valence-corrected chi connectivity index (χ2v) is 7.89. The monoisotopic (exact) mass is 465 g/mol. The normalized spacial score (nSPS) is 10.8. The standard InChI is InChI=1S/C21H13Br2N3/c1-26-11-17-18(12-26)21(14-4-8-16(23)9-5-14)25-19(10-24)20(17)13-2-6-15(22)7-3-13/h2-9,11-12H,1H3. The third-order valence-corrected chi connectivity index (χ3v) is 5.35. The van der Waals surface area contributed by atoms with Crippen LogP contribution < -0.4 is 0 Å². The summed E-state index contributed by atoms with van der Waals surface area (Å²) >= 11 is 6.93. The minimum atomic E-state index is 0.434. The summed E-state index contributed by atoms with van der Waals surface area (Å²) in [5, 5.41) is 11.8. The molecule has 0 aliphatic carbocycles. The molecule has 0 N–H and O–H groups in total. The molecule has 126 valence electrons. The summed E-state index contributed by atoms with van der Waals surface area (Å²) < 4.78 is 4.03. The molecule has 0 aliphatic rings. The van der Waals surface area contributed by atoms with Gasteiger partial charge in [-0.3, -0.25) is 0 Å². The molecule has 3 nitrogen and oxygen atoms in total. The van der Waals surface area contributed by atoms with Crippen LogP contribution in [0.5, 0.6) is 0 Å². The van der Waals surface area contributed by atoms with E-state index in [1.807, 2.05) is 60.1 Å². The van der Waals surface area contributed by atoms with E-state index >= 15 is 0 Å². The Morgan fingerprint density at radius 2 is 1.38 bits per heavy atom. The van der Waals surface area contributed by atoms with Gasteiger partial charge in [-0.2, -0.15) is 5.26 Å². The Kier molecular flexibility index (Phi) is 4.39. The summed E-state index contributed by atoms with van der Waals surface area (Å²) in [7, 11) is 1.99. The zero-order chi connectivity index (χ0) is 18.3. The zero-order valence-electron chi connectivity index (χ0n) is 13.9. The lowest BCUT2D eigenvalue weighted by Gasteiger charge is -2.10. The molecule has 5 heteroatoms. The molecule has 4 aromatic rings. The van der Waals surface area contributed by atoms with Gasteiger partial charge in [0, 0.05) is 50.3 Å². The Balaban J connectivity index is 2.06. The molecule has 0 fully saturated rings. The summed E-state index contributed by atoms with van der Waals surface area (Å²) in [5.41, 5.74) is 4.10. The number of aromatic nitrogens is 2. The number of benzene rings is 2. The van der Waals surface area contributed by atoms with Gasteiger partial charge in [0.25, 0.3) is 0 Å². The summed E-state index contributed by atoms with van der Waals surface area (Å²) in [5.74, 6) is 0. The predicted molar refractivity (Wildman–Crippen MR) is 112 cm³/mol. The molecule has 0 spiro atoms. The van der Waals surface area contributed by atoms with Crippen LogP contribution in [0.4, 0.5) is 0 Å². The van der Waals surface area contributed by atoms with Crippen LogP contribution in [0.1, 0.15) is 5.69 Å². The highest BCUT2D eigenvalue weighted by molar-refractivity contribution is 9.10. The molecule has 0 amide bonds. The van der Waals surface area contributed by atoms with Gasteiger partial charge in [-0.05, 0) is 29.8 Å². The minimum absolute atomic E-state index is 0.434. The Hall–Kier alpha value is -2.42. The van der Waals surface area contributed by atoms with Crippen molar-refractivity contribution >= 4 is 42.6 Å². The van der Waals surface area contributed by atoms with Gasteiger partial charge in [0.1, 0.15) is 11.8 Å². The maximum absolute atomic E-state index is 9.78. The molecule has 0 unspecified atom stereocenters. The van der Waals surface area contributed by atoms with E-state index in [-0.39, 0.29) is 0 Å². The van der Waals surface area contributed by atoms with Gasteiger partial charge in [0.05, 0.1) is 5.69 Å². The fraction of sp³-hybridized carbons (Fsp3) is 0.0476. The van der Waals surface area contributed by atoms with Gasteiger partial charge in [-0.1, -0.05) is 56.1 Å². The topological polar surface area (TPSA) is 41.6 Å². The zero-order valence-corrected chi connectivity index (χ0v) is 17.0. The molecule has 0 bridgehead atoms. The number of aryl methyl sites for hydroxylation is 1. The summed E-state index contributed by atoms with van der Waals surface area (Å²) in [6, 6.07) is 18.3. The number of rotatable bonds is 2. The molecule has 0 saturated carbocycles. The number of hydrogen-bond acceptors (Lipinski definition) is 2. The average Bonchev–Trinajstić information content (AvgIpc) is 3.03. The van der Waals surface area contributed by atoms with Crippen LogP contribution in [-0.2, 0) is 7.05 Å². The molecular formula is C21H13Br2N3. The second kappa shape index (κ2) is 6.71. The maximum atomic E-state index is 9.78. The van der Waals surface area contributed by atoms with Gasteiger partial charge in [0.15, 0.2) is 0 Å². The number of nitrogens with zero attached hydrogens (tertiary/aromatic N) is 3. The van der Waals surface area contributed by atoms with E-state index in [0.29, 0.717) is 5.69 Å².